The summed E-state index contributed by atoms with van der Waals surface area (Å²) in [4.78, 5) is 19.8. The van der Waals surface area contributed by atoms with Crippen LogP contribution in [0.4, 0.5) is 0 Å². The van der Waals surface area contributed by atoms with Crippen molar-refractivity contribution in [2.45, 2.75) is 26.9 Å². The molecule has 0 unspecified atom stereocenters. The molecule has 0 radical (unpaired) electrons. The van der Waals surface area contributed by atoms with Gasteiger partial charge in [-0.1, -0.05) is 0 Å². The van der Waals surface area contributed by atoms with Gasteiger partial charge in [-0.3, -0.25) is 4.79 Å². The number of carbonyl (C=O) groups excluding carboxylic acids is 1. The summed E-state index contributed by atoms with van der Waals surface area (Å²) in [7, 11) is 0. The van der Waals surface area contributed by atoms with Crippen LogP contribution in [0, 0.1) is 6.92 Å². The van der Waals surface area contributed by atoms with Gasteiger partial charge >= 0.3 is 0 Å². The second-order valence-corrected chi connectivity index (χ2v) is 3.40. The van der Waals surface area contributed by atoms with E-state index in [1.807, 2.05) is 6.92 Å². The minimum Gasteiger partial charge on any atom is -0.376 e. The summed E-state index contributed by atoms with van der Waals surface area (Å²) in [6, 6.07) is 0. The highest BCUT2D eigenvalue weighted by molar-refractivity contribution is 5.93. The Morgan fingerprint density at radius 3 is 2.93 bits per heavy atom. The summed E-state index contributed by atoms with van der Waals surface area (Å²) in [6.07, 6.45) is 0.777. The number of Topliss-reactive ketones (excluding diaryl/α,β-unsaturated/α-hetero) is 1. The fourth-order valence-corrected chi connectivity index (χ4v) is 1.65. The standard InChI is InChI=1S/C10H12N2O2/c1-6(13)10-8-5-14-4-3-9(8)11-7(2)12-10/h3-5H2,1-2H3. The van der Waals surface area contributed by atoms with E-state index in [-0.39, 0.29) is 5.78 Å². The van der Waals surface area contributed by atoms with Crippen molar-refractivity contribution in [3.05, 3.63) is 22.8 Å². The highest BCUT2D eigenvalue weighted by atomic mass is 16.5. The van der Waals surface area contributed by atoms with Gasteiger partial charge in [-0.2, -0.15) is 0 Å². The maximum atomic E-state index is 11.3. The molecule has 74 valence electrons. The predicted octanol–water partition coefficient (Wildman–Crippen LogP) is 1.06. The number of hydrogen-bond donors (Lipinski definition) is 0. The molecular formula is C10H12N2O2. The third-order valence-electron chi connectivity index (χ3n) is 2.27. The molecular weight excluding hydrogens is 180 g/mol. The molecule has 1 aliphatic heterocycles. The molecule has 0 N–H and O–H groups in total. The minimum atomic E-state index is -0.0164. The number of fused-ring (bicyclic) bond motifs is 1. The zero-order valence-corrected chi connectivity index (χ0v) is 8.33. The Bertz CT molecular complexity index is 388. The molecule has 0 aromatic carbocycles. The van der Waals surface area contributed by atoms with Gasteiger partial charge in [0.1, 0.15) is 11.5 Å². The molecule has 1 aromatic rings. The molecule has 2 rings (SSSR count). The Hall–Kier alpha value is -1.29. The highest BCUT2D eigenvalue weighted by Crippen LogP contribution is 2.18. The molecule has 0 amide bonds. The van der Waals surface area contributed by atoms with E-state index >= 15 is 0 Å². The van der Waals surface area contributed by atoms with E-state index in [0.29, 0.717) is 24.7 Å². The molecule has 4 nitrogen and oxygen atoms in total. The van der Waals surface area contributed by atoms with Crippen LogP contribution in [0.1, 0.15) is 34.5 Å². The third kappa shape index (κ3) is 1.53. The number of carbonyl (C=O) groups is 1. The zero-order chi connectivity index (χ0) is 10.1. The van der Waals surface area contributed by atoms with Crippen LogP contribution in [0.2, 0.25) is 0 Å². The van der Waals surface area contributed by atoms with E-state index in [0.717, 1.165) is 17.7 Å². The first-order valence-corrected chi connectivity index (χ1v) is 4.63. The van der Waals surface area contributed by atoms with Crippen molar-refractivity contribution in [3.8, 4) is 0 Å². The Kier molecular flexibility index (Phi) is 2.29. The number of nitrogens with zero attached hydrogens (tertiary/aromatic N) is 2. The van der Waals surface area contributed by atoms with Gasteiger partial charge in [0.2, 0.25) is 0 Å². The van der Waals surface area contributed by atoms with E-state index in [1.165, 1.54) is 6.92 Å². The van der Waals surface area contributed by atoms with Gasteiger partial charge in [0.15, 0.2) is 5.78 Å². The van der Waals surface area contributed by atoms with Crippen LogP contribution in [0.3, 0.4) is 0 Å². The fourth-order valence-electron chi connectivity index (χ4n) is 1.65. The van der Waals surface area contributed by atoms with Crippen LogP contribution in [0.5, 0.6) is 0 Å². The first kappa shape index (κ1) is 9.27. The molecule has 0 fully saturated rings. The summed E-state index contributed by atoms with van der Waals surface area (Å²) in [5, 5.41) is 0. The molecule has 1 aliphatic rings. The van der Waals surface area contributed by atoms with Gasteiger partial charge in [-0.05, 0) is 6.92 Å². The van der Waals surface area contributed by atoms with Crippen molar-refractivity contribution in [1.29, 1.82) is 0 Å². The first-order chi connectivity index (χ1) is 6.68. The normalized spacial score (nSPS) is 15.0. The van der Waals surface area contributed by atoms with Gasteiger partial charge in [0.25, 0.3) is 0 Å². The number of ether oxygens (including phenoxy) is 1. The lowest BCUT2D eigenvalue weighted by molar-refractivity contribution is 0.0964. The summed E-state index contributed by atoms with van der Waals surface area (Å²) in [5.74, 6) is 0.646. The van der Waals surface area contributed by atoms with E-state index in [9.17, 15) is 4.79 Å². The van der Waals surface area contributed by atoms with Gasteiger partial charge in [0, 0.05) is 18.9 Å². The van der Waals surface area contributed by atoms with Crippen molar-refractivity contribution in [1.82, 2.24) is 9.97 Å². The molecule has 4 heteroatoms. The van der Waals surface area contributed by atoms with Crippen LogP contribution in [-0.4, -0.2) is 22.4 Å². The van der Waals surface area contributed by atoms with Gasteiger partial charge in [-0.15, -0.1) is 0 Å². The smallest absolute Gasteiger partial charge is 0.178 e. The van der Waals surface area contributed by atoms with E-state index in [4.69, 9.17) is 4.74 Å². The topological polar surface area (TPSA) is 52.1 Å². The van der Waals surface area contributed by atoms with Crippen LogP contribution in [0.25, 0.3) is 0 Å². The Morgan fingerprint density at radius 1 is 1.43 bits per heavy atom. The third-order valence-corrected chi connectivity index (χ3v) is 2.27. The second-order valence-electron chi connectivity index (χ2n) is 3.40. The minimum absolute atomic E-state index is 0.0164. The van der Waals surface area contributed by atoms with Crippen LogP contribution < -0.4 is 0 Å². The summed E-state index contributed by atoms with van der Waals surface area (Å²) >= 11 is 0. The first-order valence-electron chi connectivity index (χ1n) is 4.63. The lowest BCUT2D eigenvalue weighted by Crippen LogP contribution is -2.18. The maximum Gasteiger partial charge on any atom is 0.178 e. The van der Waals surface area contributed by atoms with Gasteiger partial charge in [0.05, 0.1) is 18.9 Å². The number of hydrogen-bond acceptors (Lipinski definition) is 4. The van der Waals surface area contributed by atoms with Crippen LogP contribution in [0.15, 0.2) is 0 Å². The van der Waals surface area contributed by atoms with Crippen molar-refractivity contribution in [3.63, 3.8) is 0 Å². The predicted molar refractivity (Wildman–Crippen MR) is 50.1 cm³/mol. The SMILES string of the molecule is CC(=O)c1nc(C)nc2c1COCC2. The van der Waals surface area contributed by atoms with Crippen LogP contribution >= 0.6 is 0 Å². The second kappa shape index (κ2) is 3.46. The fraction of sp³-hybridized carbons (Fsp3) is 0.500. The Balaban J connectivity index is 2.58. The number of aromatic nitrogens is 2. The average molecular weight is 192 g/mol. The van der Waals surface area contributed by atoms with Crippen molar-refractivity contribution < 1.29 is 9.53 Å². The molecule has 0 atom stereocenters. The molecule has 1 aromatic heterocycles. The Labute approximate surface area is 82.3 Å². The van der Waals surface area contributed by atoms with Crippen molar-refractivity contribution >= 4 is 5.78 Å². The summed E-state index contributed by atoms with van der Waals surface area (Å²) in [5.41, 5.74) is 2.36. The van der Waals surface area contributed by atoms with Crippen molar-refractivity contribution in [2.75, 3.05) is 6.61 Å². The lowest BCUT2D eigenvalue weighted by Gasteiger charge is -2.17. The molecule has 0 saturated heterocycles. The molecule has 0 bridgehead atoms. The monoisotopic (exact) mass is 192 g/mol. The van der Waals surface area contributed by atoms with Gasteiger partial charge < -0.3 is 4.74 Å². The highest BCUT2D eigenvalue weighted by Gasteiger charge is 2.19. The number of rotatable bonds is 1. The lowest BCUT2D eigenvalue weighted by atomic mass is 10.1. The molecule has 0 spiro atoms. The Morgan fingerprint density at radius 2 is 2.21 bits per heavy atom. The molecule has 2 heterocycles. The maximum absolute atomic E-state index is 11.3. The quantitative estimate of drug-likeness (QED) is 0.624. The molecule has 14 heavy (non-hydrogen) atoms. The molecule has 0 saturated carbocycles. The zero-order valence-electron chi connectivity index (χ0n) is 8.33. The summed E-state index contributed by atoms with van der Waals surface area (Å²) in [6.45, 7) is 4.48. The van der Waals surface area contributed by atoms with E-state index < -0.39 is 0 Å². The number of aryl methyl sites for hydroxylation is 1. The molecule has 0 aliphatic carbocycles. The largest absolute Gasteiger partial charge is 0.376 e. The average Bonchev–Trinajstić information content (AvgIpc) is 2.16. The van der Waals surface area contributed by atoms with Gasteiger partial charge in [-0.25, -0.2) is 9.97 Å². The van der Waals surface area contributed by atoms with Crippen LogP contribution in [-0.2, 0) is 17.8 Å². The van der Waals surface area contributed by atoms with E-state index in [2.05, 4.69) is 9.97 Å². The van der Waals surface area contributed by atoms with Crippen molar-refractivity contribution in [2.24, 2.45) is 0 Å². The number of ketones is 1. The summed E-state index contributed by atoms with van der Waals surface area (Å²) < 4.78 is 5.29. The van der Waals surface area contributed by atoms with E-state index in [1.54, 1.807) is 0 Å².